The maximum Gasteiger partial charge on any atom is 0.228 e. The molecule has 3 N–H and O–H groups in total. The highest BCUT2D eigenvalue weighted by Crippen LogP contribution is 2.52. The maximum absolute atomic E-state index is 12.1. The highest BCUT2D eigenvalue weighted by Gasteiger charge is 2.50. The Morgan fingerprint density at radius 1 is 1.53 bits per heavy atom. The highest BCUT2D eigenvalue weighted by atomic mass is 32.2. The predicted molar refractivity (Wildman–Crippen MR) is 82.4 cm³/mol. The molecule has 1 unspecified atom stereocenters. The van der Waals surface area contributed by atoms with Gasteiger partial charge in [0.2, 0.25) is 5.91 Å². The number of carbonyl (C=O) groups excluding carboxylic acids is 1. The second-order valence-electron chi connectivity index (χ2n) is 5.83. The lowest BCUT2D eigenvalue weighted by molar-refractivity contribution is -0.117. The van der Waals surface area contributed by atoms with Gasteiger partial charge in [0.25, 0.3) is 0 Å². The van der Waals surface area contributed by atoms with Crippen LogP contribution in [-0.2, 0) is 4.79 Å². The first-order chi connectivity index (χ1) is 8.94. The Labute approximate surface area is 119 Å². The fourth-order valence-electron chi connectivity index (χ4n) is 2.09. The lowest BCUT2D eigenvalue weighted by Gasteiger charge is -2.11. The summed E-state index contributed by atoms with van der Waals surface area (Å²) < 4.78 is 0. The van der Waals surface area contributed by atoms with E-state index in [9.17, 15) is 4.79 Å². The van der Waals surface area contributed by atoms with Crippen molar-refractivity contribution in [2.24, 2.45) is 11.3 Å². The molecule has 1 aromatic rings. The molecule has 104 valence electrons. The quantitative estimate of drug-likeness (QED) is 0.637. The summed E-state index contributed by atoms with van der Waals surface area (Å²) in [4.78, 5) is 13.2. The van der Waals surface area contributed by atoms with Gasteiger partial charge in [0, 0.05) is 10.8 Å². The predicted octanol–water partition coefficient (Wildman–Crippen LogP) is 3.76. The van der Waals surface area contributed by atoms with Gasteiger partial charge in [0.05, 0.1) is 11.4 Å². The van der Waals surface area contributed by atoms with E-state index >= 15 is 0 Å². The van der Waals surface area contributed by atoms with Gasteiger partial charge in [-0.1, -0.05) is 20.8 Å². The van der Waals surface area contributed by atoms with Crippen molar-refractivity contribution in [3.63, 3.8) is 0 Å². The summed E-state index contributed by atoms with van der Waals surface area (Å²) in [6.45, 7) is 6.39. The first-order valence-electron chi connectivity index (χ1n) is 6.77. The normalized spacial score (nSPS) is 20.1. The second-order valence-corrected chi connectivity index (χ2v) is 7.00. The number of hydrogen-bond acceptors (Lipinski definition) is 3. The van der Waals surface area contributed by atoms with E-state index in [0.29, 0.717) is 5.69 Å². The van der Waals surface area contributed by atoms with E-state index in [0.717, 1.165) is 29.2 Å². The molecule has 3 nitrogen and oxygen atoms in total. The van der Waals surface area contributed by atoms with Gasteiger partial charge in [-0.2, -0.15) is 0 Å². The van der Waals surface area contributed by atoms with Gasteiger partial charge in [0.15, 0.2) is 0 Å². The average Bonchev–Trinajstić information content (AvgIpc) is 2.99. The van der Waals surface area contributed by atoms with Crippen molar-refractivity contribution in [3.8, 4) is 0 Å². The number of nitrogens with one attached hydrogen (secondary N) is 1. The van der Waals surface area contributed by atoms with Crippen LogP contribution < -0.4 is 11.1 Å². The number of thioether (sulfide) groups is 1. The lowest BCUT2D eigenvalue weighted by atomic mass is 10.1. The Morgan fingerprint density at radius 3 is 2.79 bits per heavy atom. The molecule has 0 aromatic heterocycles. The molecule has 1 saturated carbocycles. The van der Waals surface area contributed by atoms with Crippen LogP contribution >= 0.6 is 11.8 Å². The second kappa shape index (κ2) is 5.45. The molecular weight excluding hydrogens is 256 g/mol. The average molecular weight is 278 g/mol. The lowest BCUT2D eigenvalue weighted by Crippen LogP contribution is -2.17. The van der Waals surface area contributed by atoms with E-state index in [1.165, 1.54) is 0 Å². The number of carbonyl (C=O) groups is 1. The third kappa shape index (κ3) is 3.44. The minimum atomic E-state index is 0.0920. The largest absolute Gasteiger partial charge is 0.397 e. The van der Waals surface area contributed by atoms with Gasteiger partial charge in [-0.3, -0.25) is 4.79 Å². The van der Waals surface area contributed by atoms with Crippen molar-refractivity contribution in [3.05, 3.63) is 18.2 Å². The monoisotopic (exact) mass is 278 g/mol. The molecule has 1 atom stereocenters. The third-order valence-electron chi connectivity index (χ3n) is 3.59. The zero-order valence-electron chi connectivity index (χ0n) is 11.8. The fourth-order valence-corrected chi connectivity index (χ4v) is 2.89. The molecule has 1 aromatic carbocycles. The Morgan fingerprint density at radius 2 is 2.21 bits per heavy atom. The van der Waals surface area contributed by atoms with Crippen LogP contribution in [0, 0.1) is 11.3 Å². The molecule has 1 aliphatic rings. The van der Waals surface area contributed by atoms with Gasteiger partial charge in [-0.05, 0) is 42.2 Å². The molecule has 0 bridgehead atoms. The molecule has 0 aliphatic heterocycles. The van der Waals surface area contributed by atoms with Gasteiger partial charge in [0.1, 0.15) is 0 Å². The SMILES string of the molecule is CCCSc1ccc(N)c(NC(=O)C2CC2(C)C)c1. The van der Waals surface area contributed by atoms with Crippen molar-refractivity contribution >= 4 is 29.0 Å². The molecule has 0 heterocycles. The van der Waals surface area contributed by atoms with Crippen molar-refractivity contribution in [2.45, 2.75) is 38.5 Å². The van der Waals surface area contributed by atoms with E-state index in [1.54, 1.807) is 11.8 Å². The van der Waals surface area contributed by atoms with Crippen LogP contribution in [0.15, 0.2) is 23.1 Å². The van der Waals surface area contributed by atoms with E-state index in [4.69, 9.17) is 5.73 Å². The fraction of sp³-hybridized carbons (Fsp3) is 0.533. The zero-order chi connectivity index (χ0) is 14.0. The van der Waals surface area contributed by atoms with Gasteiger partial charge in [-0.15, -0.1) is 11.8 Å². The molecule has 0 spiro atoms. The van der Waals surface area contributed by atoms with Crippen molar-refractivity contribution < 1.29 is 4.79 Å². The molecule has 0 saturated heterocycles. The molecule has 1 amide bonds. The summed E-state index contributed by atoms with van der Waals surface area (Å²) in [5.41, 5.74) is 7.45. The first kappa shape index (κ1) is 14.3. The standard InChI is InChI=1S/C15H22N2OS/c1-4-7-19-10-5-6-12(16)13(8-10)17-14(18)11-9-15(11,2)3/h5-6,8,11H,4,7,9,16H2,1-3H3,(H,17,18). The summed E-state index contributed by atoms with van der Waals surface area (Å²) in [5, 5.41) is 2.97. The minimum Gasteiger partial charge on any atom is -0.397 e. The maximum atomic E-state index is 12.1. The molecule has 19 heavy (non-hydrogen) atoms. The number of nitrogens with two attached hydrogens (primary N) is 1. The van der Waals surface area contributed by atoms with Crippen molar-refractivity contribution in [2.75, 3.05) is 16.8 Å². The van der Waals surface area contributed by atoms with Gasteiger partial charge >= 0.3 is 0 Å². The van der Waals surface area contributed by atoms with E-state index in [2.05, 4.69) is 26.1 Å². The highest BCUT2D eigenvalue weighted by molar-refractivity contribution is 7.99. The van der Waals surface area contributed by atoms with Crippen LogP contribution in [-0.4, -0.2) is 11.7 Å². The number of amides is 1. The Kier molecular flexibility index (Phi) is 4.09. The van der Waals surface area contributed by atoms with Gasteiger partial charge in [-0.25, -0.2) is 0 Å². The van der Waals surface area contributed by atoms with Crippen LogP contribution in [0.25, 0.3) is 0 Å². The van der Waals surface area contributed by atoms with Crippen molar-refractivity contribution in [1.82, 2.24) is 0 Å². The molecule has 2 rings (SSSR count). The first-order valence-corrected chi connectivity index (χ1v) is 7.76. The van der Waals surface area contributed by atoms with Crippen LogP contribution in [0.5, 0.6) is 0 Å². The molecular formula is C15H22N2OS. The molecule has 1 aliphatic carbocycles. The molecule has 4 heteroatoms. The molecule has 1 fully saturated rings. The Balaban J connectivity index is 2.04. The minimum absolute atomic E-state index is 0.0920. The Hall–Kier alpha value is -1.16. The topological polar surface area (TPSA) is 55.1 Å². The summed E-state index contributed by atoms with van der Waals surface area (Å²) >= 11 is 1.79. The van der Waals surface area contributed by atoms with Crippen LogP contribution in [0.2, 0.25) is 0 Å². The van der Waals surface area contributed by atoms with E-state index in [1.807, 2.05) is 18.2 Å². The number of anilines is 2. The van der Waals surface area contributed by atoms with Gasteiger partial charge < -0.3 is 11.1 Å². The summed E-state index contributed by atoms with van der Waals surface area (Å²) in [5.74, 6) is 1.29. The number of benzene rings is 1. The third-order valence-corrected chi connectivity index (χ3v) is 4.79. The van der Waals surface area contributed by atoms with E-state index < -0.39 is 0 Å². The molecule has 0 radical (unpaired) electrons. The smallest absolute Gasteiger partial charge is 0.228 e. The summed E-state index contributed by atoms with van der Waals surface area (Å²) in [7, 11) is 0. The zero-order valence-corrected chi connectivity index (χ0v) is 12.6. The van der Waals surface area contributed by atoms with Crippen LogP contribution in [0.3, 0.4) is 0 Å². The number of nitrogen functional groups attached to an aromatic ring is 1. The number of hydrogen-bond donors (Lipinski definition) is 2. The Bertz CT molecular complexity index is 485. The van der Waals surface area contributed by atoms with Crippen LogP contribution in [0.1, 0.15) is 33.6 Å². The van der Waals surface area contributed by atoms with Crippen LogP contribution in [0.4, 0.5) is 11.4 Å². The number of rotatable bonds is 5. The van der Waals surface area contributed by atoms with E-state index in [-0.39, 0.29) is 17.2 Å². The summed E-state index contributed by atoms with van der Waals surface area (Å²) in [6, 6.07) is 5.85. The summed E-state index contributed by atoms with van der Waals surface area (Å²) in [6.07, 6.45) is 2.09. The van der Waals surface area contributed by atoms with Crippen molar-refractivity contribution in [1.29, 1.82) is 0 Å².